The molecular formula is C15H20F3NO. The van der Waals surface area contributed by atoms with Gasteiger partial charge in [0, 0.05) is 13.1 Å². The maximum absolute atomic E-state index is 12.8. The summed E-state index contributed by atoms with van der Waals surface area (Å²) in [7, 11) is 0. The number of halogens is 3. The molecule has 2 nitrogen and oxygen atoms in total. The maximum Gasteiger partial charge on any atom is 0.416 e. The highest BCUT2D eigenvalue weighted by molar-refractivity contribution is 5.36. The van der Waals surface area contributed by atoms with Crippen LogP contribution in [0.1, 0.15) is 23.1 Å². The van der Waals surface area contributed by atoms with Gasteiger partial charge in [-0.2, -0.15) is 13.2 Å². The molecule has 1 aromatic rings. The van der Waals surface area contributed by atoms with Crippen LogP contribution in [-0.2, 0) is 17.3 Å². The lowest BCUT2D eigenvalue weighted by atomic mass is 9.98. The topological polar surface area (TPSA) is 12.5 Å². The second kappa shape index (κ2) is 6.59. The molecule has 0 radical (unpaired) electrons. The standard InChI is InChI=1S/C15H20F3NO/c1-12-13(4-2-6-14(12)15(16,17)18)5-3-7-19-8-10-20-11-9-19/h2,4,6H,3,5,7-11H2,1H3. The van der Waals surface area contributed by atoms with E-state index in [9.17, 15) is 13.2 Å². The predicted molar refractivity (Wildman–Crippen MR) is 71.8 cm³/mol. The molecule has 112 valence electrons. The zero-order valence-electron chi connectivity index (χ0n) is 11.7. The number of morpholine rings is 1. The largest absolute Gasteiger partial charge is 0.416 e. The van der Waals surface area contributed by atoms with E-state index in [1.807, 2.05) is 0 Å². The molecule has 1 fully saturated rings. The lowest BCUT2D eigenvalue weighted by Crippen LogP contribution is -2.36. The van der Waals surface area contributed by atoms with Crippen molar-refractivity contribution in [3.8, 4) is 0 Å². The zero-order valence-corrected chi connectivity index (χ0v) is 11.7. The van der Waals surface area contributed by atoms with Gasteiger partial charge in [0.1, 0.15) is 0 Å². The number of benzene rings is 1. The number of aryl methyl sites for hydroxylation is 1. The number of alkyl halides is 3. The van der Waals surface area contributed by atoms with Crippen molar-refractivity contribution in [3.05, 3.63) is 34.9 Å². The molecule has 0 spiro atoms. The van der Waals surface area contributed by atoms with Crippen LogP contribution in [0.5, 0.6) is 0 Å². The Morgan fingerprint density at radius 3 is 2.55 bits per heavy atom. The van der Waals surface area contributed by atoms with Crippen LogP contribution >= 0.6 is 0 Å². The smallest absolute Gasteiger partial charge is 0.379 e. The summed E-state index contributed by atoms with van der Waals surface area (Å²) in [6.45, 7) is 5.82. The van der Waals surface area contributed by atoms with Crippen molar-refractivity contribution in [1.29, 1.82) is 0 Å². The normalized spacial score (nSPS) is 17.4. The molecule has 1 aliphatic rings. The predicted octanol–water partition coefficient (Wildman–Crippen LogP) is 3.28. The Morgan fingerprint density at radius 1 is 1.20 bits per heavy atom. The van der Waals surface area contributed by atoms with E-state index in [0.29, 0.717) is 12.0 Å². The van der Waals surface area contributed by atoms with Crippen LogP contribution in [0.4, 0.5) is 13.2 Å². The Morgan fingerprint density at radius 2 is 1.90 bits per heavy atom. The molecule has 0 aliphatic carbocycles. The van der Waals surface area contributed by atoms with E-state index in [4.69, 9.17) is 4.74 Å². The van der Waals surface area contributed by atoms with Gasteiger partial charge in [0.25, 0.3) is 0 Å². The fraction of sp³-hybridized carbons (Fsp3) is 0.600. The molecular weight excluding hydrogens is 267 g/mol. The van der Waals surface area contributed by atoms with E-state index >= 15 is 0 Å². The van der Waals surface area contributed by atoms with Gasteiger partial charge < -0.3 is 4.74 Å². The fourth-order valence-corrected chi connectivity index (χ4v) is 2.58. The van der Waals surface area contributed by atoms with Crippen molar-refractivity contribution in [2.45, 2.75) is 25.9 Å². The van der Waals surface area contributed by atoms with E-state index in [1.165, 1.54) is 6.07 Å². The van der Waals surface area contributed by atoms with Crippen molar-refractivity contribution in [2.24, 2.45) is 0 Å². The molecule has 0 N–H and O–H groups in total. The van der Waals surface area contributed by atoms with Gasteiger partial charge in [-0.25, -0.2) is 0 Å². The van der Waals surface area contributed by atoms with Crippen molar-refractivity contribution in [2.75, 3.05) is 32.8 Å². The number of hydrogen-bond acceptors (Lipinski definition) is 2. The number of ether oxygens (including phenoxy) is 1. The summed E-state index contributed by atoms with van der Waals surface area (Å²) in [5.41, 5.74) is 0.649. The van der Waals surface area contributed by atoms with Crippen molar-refractivity contribution in [3.63, 3.8) is 0 Å². The molecule has 0 saturated carbocycles. The minimum atomic E-state index is -4.26. The first kappa shape index (κ1) is 15.3. The van der Waals surface area contributed by atoms with Crippen LogP contribution in [0.25, 0.3) is 0 Å². The average molecular weight is 287 g/mol. The summed E-state index contributed by atoms with van der Waals surface area (Å²) in [6, 6.07) is 4.45. The number of rotatable bonds is 4. The summed E-state index contributed by atoms with van der Waals surface area (Å²) < 4.78 is 43.7. The van der Waals surface area contributed by atoms with Crippen molar-refractivity contribution >= 4 is 0 Å². The van der Waals surface area contributed by atoms with Gasteiger partial charge in [-0.05, 0) is 43.5 Å². The van der Waals surface area contributed by atoms with Crippen molar-refractivity contribution in [1.82, 2.24) is 4.90 Å². The van der Waals surface area contributed by atoms with E-state index < -0.39 is 11.7 Å². The van der Waals surface area contributed by atoms with Gasteiger partial charge in [0.15, 0.2) is 0 Å². The molecule has 1 aliphatic heterocycles. The van der Waals surface area contributed by atoms with Crippen LogP contribution < -0.4 is 0 Å². The molecule has 0 aromatic heterocycles. The summed E-state index contributed by atoms with van der Waals surface area (Å²) >= 11 is 0. The second-order valence-electron chi connectivity index (χ2n) is 5.15. The first-order chi connectivity index (χ1) is 9.48. The third-order valence-electron chi connectivity index (χ3n) is 3.78. The van der Waals surface area contributed by atoms with Gasteiger partial charge in [0.2, 0.25) is 0 Å². The van der Waals surface area contributed by atoms with Gasteiger partial charge in [0.05, 0.1) is 18.8 Å². The zero-order chi connectivity index (χ0) is 14.6. The maximum atomic E-state index is 12.8. The Hall–Kier alpha value is -1.07. The highest BCUT2D eigenvalue weighted by atomic mass is 19.4. The summed E-state index contributed by atoms with van der Waals surface area (Å²) in [5.74, 6) is 0. The molecule has 1 heterocycles. The fourth-order valence-electron chi connectivity index (χ4n) is 2.58. The molecule has 0 unspecified atom stereocenters. The van der Waals surface area contributed by atoms with Crippen molar-refractivity contribution < 1.29 is 17.9 Å². The molecule has 20 heavy (non-hydrogen) atoms. The highest BCUT2D eigenvalue weighted by Gasteiger charge is 2.32. The van der Waals surface area contributed by atoms with E-state index in [1.54, 1.807) is 13.0 Å². The van der Waals surface area contributed by atoms with Crippen LogP contribution in [-0.4, -0.2) is 37.7 Å². The quantitative estimate of drug-likeness (QED) is 0.842. The minimum Gasteiger partial charge on any atom is -0.379 e. The SMILES string of the molecule is Cc1c(CCCN2CCOCC2)cccc1C(F)(F)F. The van der Waals surface area contributed by atoms with Crippen LogP contribution in [0.3, 0.4) is 0 Å². The van der Waals surface area contributed by atoms with Gasteiger partial charge >= 0.3 is 6.18 Å². The Bertz CT molecular complexity index is 439. The third kappa shape index (κ3) is 3.96. The first-order valence-electron chi connectivity index (χ1n) is 6.94. The van der Waals surface area contributed by atoms with Gasteiger partial charge in [-0.1, -0.05) is 12.1 Å². The van der Waals surface area contributed by atoms with E-state index in [2.05, 4.69) is 4.90 Å². The number of nitrogens with zero attached hydrogens (tertiary/aromatic N) is 1. The van der Waals surface area contributed by atoms with Crippen LogP contribution in [0, 0.1) is 6.92 Å². The number of hydrogen-bond donors (Lipinski definition) is 0. The van der Waals surface area contributed by atoms with Crippen LogP contribution in [0.2, 0.25) is 0 Å². The molecule has 2 rings (SSSR count). The third-order valence-corrected chi connectivity index (χ3v) is 3.78. The Balaban J connectivity index is 1.92. The van der Waals surface area contributed by atoms with Gasteiger partial charge in [-0.3, -0.25) is 4.90 Å². The van der Waals surface area contributed by atoms with E-state index in [-0.39, 0.29) is 0 Å². The Labute approximate surface area is 117 Å². The summed E-state index contributed by atoms with van der Waals surface area (Å²) in [6.07, 6.45) is -2.69. The highest BCUT2D eigenvalue weighted by Crippen LogP contribution is 2.33. The lowest BCUT2D eigenvalue weighted by molar-refractivity contribution is -0.138. The summed E-state index contributed by atoms with van der Waals surface area (Å²) in [4.78, 5) is 2.30. The monoisotopic (exact) mass is 287 g/mol. The molecule has 1 saturated heterocycles. The Kier molecular flexibility index (Phi) is 5.05. The average Bonchev–Trinajstić information content (AvgIpc) is 2.40. The van der Waals surface area contributed by atoms with Gasteiger partial charge in [-0.15, -0.1) is 0 Å². The summed E-state index contributed by atoms with van der Waals surface area (Å²) in [5, 5.41) is 0. The molecule has 1 aromatic carbocycles. The molecule has 5 heteroatoms. The molecule has 0 bridgehead atoms. The lowest BCUT2D eigenvalue weighted by Gasteiger charge is -2.26. The van der Waals surface area contributed by atoms with Crippen LogP contribution in [0.15, 0.2) is 18.2 Å². The second-order valence-corrected chi connectivity index (χ2v) is 5.15. The first-order valence-corrected chi connectivity index (χ1v) is 6.94. The molecule has 0 atom stereocenters. The minimum absolute atomic E-state index is 0.363. The van der Waals surface area contributed by atoms with E-state index in [0.717, 1.165) is 50.9 Å². The molecule has 0 amide bonds.